The predicted octanol–water partition coefficient (Wildman–Crippen LogP) is 2.02. The molecule has 0 aromatic carbocycles. The fourth-order valence-corrected chi connectivity index (χ4v) is 3.32. The summed E-state index contributed by atoms with van der Waals surface area (Å²) in [7, 11) is 0. The van der Waals surface area contributed by atoms with E-state index in [4.69, 9.17) is 4.74 Å². The number of aromatic nitrogens is 3. The quantitative estimate of drug-likeness (QED) is 0.771. The first-order valence-corrected chi connectivity index (χ1v) is 8.90. The lowest BCUT2D eigenvalue weighted by Crippen LogP contribution is -2.41. The number of carbonyl (C=O) groups excluding carboxylic acids is 1. The van der Waals surface area contributed by atoms with Crippen LogP contribution in [0.15, 0.2) is 36.2 Å². The Labute approximate surface area is 148 Å². The Hall–Kier alpha value is -2.42. The molecular formula is C17H17N5O2S. The molecule has 0 saturated carbocycles. The maximum atomic E-state index is 12.2. The Morgan fingerprint density at radius 1 is 1.16 bits per heavy atom. The molecule has 1 amide bonds. The Balaban J connectivity index is 1.50. The highest BCUT2D eigenvalue weighted by Gasteiger charge is 2.14. The van der Waals surface area contributed by atoms with E-state index in [0.717, 1.165) is 34.4 Å². The molecular weight excluding hydrogens is 338 g/mol. The fourth-order valence-electron chi connectivity index (χ4n) is 2.73. The number of thiazole rings is 1. The molecule has 0 spiro atoms. The minimum atomic E-state index is -0.0644. The molecule has 1 N–H and O–H groups in total. The SMILES string of the molecule is O=C(CN1CCOCC1)Nc1cc2cc(-c3cncs3)ncc2cn1. The van der Waals surface area contributed by atoms with Crippen LogP contribution in [-0.2, 0) is 9.53 Å². The van der Waals surface area contributed by atoms with Gasteiger partial charge in [0, 0.05) is 37.1 Å². The highest BCUT2D eigenvalue weighted by Crippen LogP contribution is 2.25. The zero-order valence-electron chi connectivity index (χ0n) is 13.5. The fraction of sp³-hybridized carbons (Fsp3) is 0.294. The third-order valence-electron chi connectivity index (χ3n) is 4.03. The van der Waals surface area contributed by atoms with Gasteiger partial charge in [-0.3, -0.25) is 19.7 Å². The van der Waals surface area contributed by atoms with Crippen LogP contribution in [0.3, 0.4) is 0 Å². The Morgan fingerprint density at radius 2 is 2.00 bits per heavy atom. The first-order chi connectivity index (χ1) is 12.3. The number of amides is 1. The number of morpholine rings is 1. The van der Waals surface area contributed by atoms with Gasteiger partial charge in [0.25, 0.3) is 0 Å². The number of nitrogens with one attached hydrogen (secondary N) is 1. The van der Waals surface area contributed by atoms with Crippen LogP contribution in [0.2, 0.25) is 0 Å². The van der Waals surface area contributed by atoms with Crippen LogP contribution in [0.4, 0.5) is 5.82 Å². The van der Waals surface area contributed by atoms with E-state index in [9.17, 15) is 4.79 Å². The second kappa shape index (κ2) is 7.22. The summed E-state index contributed by atoms with van der Waals surface area (Å²) in [6.45, 7) is 3.26. The number of hydrogen-bond donors (Lipinski definition) is 1. The molecule has 1 aliphatic rings. The summed E-state index contributed by atoms with van der Waals surface area (Å²) in [6.07, 6.45) is 5.31. The van der Waals surface area contributed by atoms with E-state index in [1.807, 2.05) is 12.1 Å². The smallest absolute Gasteiger partial charge is 0.239 e. The van der Waals surface area contributed by atoms with E-state index >= 15 is 0 Å². The average molecular weight is 355 g/mol. The Morgan fingerprint density at radius 3 is 2.80 bits per heavy atom. The molecule has 25 heavy (non-hydrogen) atoms. The van der Waals surface area contributed by atoms with Crippen molar-refractivity contribution >= 4 is 33.8 Å². The van der Waals surface area contributed by atoms with Crippen molar-refractivity contribution in [3.8, 4) is 10.6 Å². The number of hydrogen-bond acceptors (Lipinski definition) is 7. The summed E-state index contributed by atoms with van der Waals surface area (Å²) in [5.74, 6) is 0.484. The largest absolute Gasteiger partial charge is 0.379 e. The van der Waals surface area contributed by atoms with Gasteiger partial charge in [-0.1, -0.05) is 0 Å². The number of fused-ring (bicyclic) bond motifs is 1. The van der Waals surface area contributed by atoms with Crippen LogP contribution in [-0.4, -0.2) is 58.6 Å². The highest BCUT2D eigenvalue weighted by molar-refractivity contribution is 7.13. The Kier molecular flexibility index (Phi) is 4.64. The molecule has 0 unspecified atom stereocenters. The molecule has 0 radical (unpaired) electrons. The second-order valence-corrected chi connectivity index (χ2v) is 6.67. The van der Waals surface area contributed by atoms with Crippen molar-refractivity contribution in [3.63, 3.8) is 0 Å². The summed E-state index contributed by atoms with van der Waals surface area (Å²) in [5, 5.41) is 4.78. The van der Waals surface area contributed by atoms with E-state index in [1.54, 1.807) is 35.4 Å². The minimum absolute atomic E-state index is 0.0644. The topological polar surface area (TPSA) is 80.2 Å². The molecule has 7 nitrogen and oxygen atoms in total. The van der Waals surface area contributed by atoms with Gasteiger partial charge in [-0.25, -0.2) is 4.98 Å². The molecule has 3 aromatic heterocycles. The number of anilines is 1. The number of carbonyl (C=O) groups is 1. The minimum Gasteiger partial charge on any atom is -0.379 e. The molecule has 0 bridgehead atoms. The van der Waals surface area contributed by atoms with Crippen LogP contribution < -0.4 is 5.32 Å². The monoisotopic (exact) mass is 355 g/mol. The Bertz CT molecular complexity index is 878. The predicted molar refractivity (Wildman–Crippen MR) is 96.5 cm³/mol. The van der Waals surface area contributed by atoms with Gasteiger partial charge >= 0.3 is 0 Å². The first-order valence-electron chi connectivity index (χ1n) is 8.02. The third kappa shape index (κ3) is 3.81. The zero-order chi connectivity index (χ0) is 17.1. The van der Waals surface area contributed by atoms with Crippen molar-refractivity contribution in [1.82, 2.24) is 19.9 Å². The highest BCUT2D eigenvalue weighted by atomic mass is 32.1. The molecule has 4 heterocycles. The van der Waals surface area contributed by atoms with Crippen LogP contribution in [0.25, 0.3) is 21.3 Å². The van der Waals surface area contributed by atoms with Gasteiger partial charge in [0.05, 0.1) is 35.8 Å². The molecule has 128 valence electrons. The second-order valence-electron chi connectivity index (χ2n) is 5.79. The lowest BCUT2D eigenvalue weighted by molar-refractivity contribution is -0.118. The lowest BCUT2D eigenvalue weighted by Gasteiger charge is -2.25. The molecule has 1 saturated heterocycles. The van der Waals surface area contributed by atoms with Crippen molar-refractivity contribution in [1.29, 1.82) is 0 Å². The van der Waals surface area contributed by atoms with E-state index in [1.165, 1.54) is 0 Å². The molecule has 0 atom stereocenters. The van der Waals surface area contributed by atoms with Gasteiger partial charge in [0.15, 0.2) is 0 Å². The van der Waals surface area contributed by atoms with Gasteiger partial charge < -0.3 is 10.1 Å². The van der Waals surface area contributed by atoms with Gasteiger partial charge in [0.1, 0.15) is 5.82 Å². The summed E-state index contributed by atoms with van der Waals surface area (Å²) in [5.41, 5.74) is 2.65. The van der Waals surface area contributed by atoms with Crippen LogP contribution in [0.5, 0.6) is 0 Å². The number of pyridine rings is 2. The molecule has 1 fully saturated rings. The summed E-state index contributed by atoms with van der Waals surface area (Å²) in [6, 6.07) is 3.86. The molecule has 8 heteroatoms. The molecule has 0 aliphatic carbocycles. The average Bonchev–Trinajstić information content (AvgIpc) is 3.16. The number of rotatable bonds is 4. The summed E-state index contributed by atoms with van der Waals surface area (Å²) < 4.78 is 5.29. The third-order valence-corrected chi connectivity index (χ3v) is 4.82. The normalized spacial score (nSPS) is 15.4. The van der Waals surface area contributed by atoms with Gasteiger partial charge in [0.2, 0.25) is 5.91 Å². The van der Waals surface area contributed by atoms with E-state index < -0.39 is 0 Å². The first kappa shape index (κ1) is 16.1. The van der Waals surface area contributed by atoms with Crippen molar-refractivity contribution in [2.24, 2.45) is 0 Å². The van der Waals surface area contributed by atoms with Gasteiger partial charge in [-0.15, -0.1) is 11.3 Å². The van der Waals surface area contributed by atoms with Crippen molar-refractivity contribution in [3.05, 3.63) is 36.2 Å². The molecule has 4 rings (SSSR count). The van der Waals surface area contributed by atoms with Crippen molar-refractivity contribution in [2.75, 3.05) is 38.2 Å². The summed E-state index contributed by atoms with van der Waals surface area (Å²) in [4.78, 5) is 28.1. The van der Waals surface area contributed by atoms with Crippen LogP contribution >= 0.6 is 11.3 Å². The zero-order valence-corrected chi connectivity index (χ0v) is 14.3. The van der Waals surface area contributed by atoms with Crippen molar-refractivity contribution < 1.29 is 9.53 Å². The molecule has 1 aliphatic heterocycles. The maximum absolute atomic E-state index is 12.2. The summed E-state index contributed by atoms with van der Waals surface area (Å²) >= 11 is 1.54. The molecule has 3 aromatic rings. The van der Waals surface area contributed by atoms with E-state index in [2.05, 4.69) is 25.2 Å². The maximum Gasteiger partial charge on any atom is 0.239 e. The van der Waals surface area contributed by atoms with E-state index in [0.29, 0.717) is 25.6 Å². The van der Waals surface area contributed by atoms with Crippen LogP contribution in [0, 0.1) is 0 Å². The van der Waals surface area contributed by atoms with Crippen molar-refractivity contribution in [2.45, 2.75) is 0 Å². The lowest BCUT2D eigenvalue weighted by atomic mass is 10.2. The number of nitrogens with zero attached hydrogens (tertiary/aromatic N) is 4. The van der Waals surface area contributed by atoms with Crippen LogP contribution in [0.1, 0.15) is 0 Å². The van der Waals surface area contributed by atoms with E-state index in [-0.39, 0.29) is 5.91 Å². The standard InChI is InChI=1S/C17H17N5O2S/c23-17(10-22-1-3-24-4-2-22)21-16-6-12-5-14(15-9-18-11-25-15)19-7-13(12)8-20-16/h5-9,11H,1-4,10H2,(H,20,21,23). The number of ether oxygens (including phenoxy) is 1. The van der Waals surface area contributed by atoms with Gasteiger partial charge in [-0.05, 0) is 17.5 Å². The van der Waals surface area contributed by atoms with Gasteiger partial charge in [-0.2, -0.15) is 0 Å².